The minimum absolute atomic E-state index is 0.0702. The smallest absolute Gasteiger partial charge is 0.363 e. The van der Waals surface area contributed by atoms with Crippen molar-refractivity contribution in [3.63, 3.8) is 0 Å². The van der Waals surface area contributed by atoms with Crippen LogP contribution in [0.4, 0.5) is 0 Å². The zero-order chi connectivity index (χ0) is 24.8. The third-order valence-corrected chi connectivity index (χ3v) is 5.18. The minimum atomic E-state index is -0.581. The first-order chi connectivity index (χ1) is 17.0. The number of ether oxygens (including phenoxy) is 5. The van der Waals surface area contributed by atoms with Gasteiger partial charge in [0.05, 0.1) is 21.3 Å². The molecule has 0 amide bonds. The van der Waals surface area contributed by atoms with E-state index < -0.39 is 5.97 Å². The van der Waals surface area contributed by atoms with Crippen molar-refractivity contribution in [1.82, 2.24) is 0 Å². The highest BCUT2D eigenvalue weighted by Crippen LogP contribution is 2.39. The van der Waals surface area contributed by atoms with Gasteiger partial charge in [-0.2, -0.15) is 0 Å². The molecule has 0 aliphatic carbocycles. The number of hydrogen-bond donors (Lipinski definition) is 0. The van der Waals surface area contributed by atoms with Crippen LogP contribution in [0.15, 0.2) is 77.4 Å². The molecule has 0 spiro atoms. The van der Waals surface area contributed by atoms with Crippen molar-refractivity contribution < 1.29 is 33.3 Å². The van der Waals surface area contributed by atoms with Gasteiger partial charge in [0.25, 0.3) is 0 Å². The molecule has 8 nitrogen and oxygen atoms in total. The van der Waals surface area contributed by atoms with Crippen LogP contribution >= 0.6 is 0 Å². The summed E-state index contributed by atoms with van der Waals surface area (Å²) in [6.45, 7) is -0.0702. The first-order valence-electron chi connectivity index (χ1n) is 10.7. The number of methoxy groups -OCH3 is 3. The van der Waals surface area contributed by atoms with E-state index in [1.807, 2.05) is 6.07 Å². The van der Waals surface area contributed by atoms with Gasteiger partial charge in [-0.05, 0) is 35.9 Å². The summed E-state index contributed by atoms with van der Waals surface area (Å²) >= 11 is 0. The van der Waals surface area contributed by atoms with Gasteiger partial charge in [0.1, 0.15) is 5.75 Å². The summed E-state index contributed by atoms with van der Waals surface area (Å²) in [6.07, 6.45) is 1.60. The number of carbonyl (C=O) groups is 2. The lowest BCUT2D eigenvalue weighted by molar-refractivity contribution is -0.129. The first-order valence-corrected chi connectivity index (χ1v) is 10.7. The summed E-state index contributed by atoms with van der Waals surface area (Å²) in [6, 6.07) is 19.2. The maximum absolute atomic E-state index is 12.4. The van der Waals surface area contributed by atoms with Crippen LogP contribution in [0.5, 0.6) is 23.0 Å². The first kappa shape index (κ1) is 23.6. The standard InChI is InChI=1S/C27H23NO7/c1-31-23-14-19(15-24(32-2)25(23)33-3)26-28-21(27(30)35-26)13-17-9-11-20(12-10-17)34-16-22(29)18-7-5-4-6-8-18/h4-15H,16H2,1-3H3. The fourth-order valence-electron chi connectivity index (χ4n) is 3.41. The van der Waals surface area contributed by atoms with Crippen molar-refractivity contribution in [2.45, 2.75) is 0 Å². The monoisotopic (exact) mass is 473 g/mol. The summed E-state index contributed by atoms with van der Waals surface area (Å²) in [5, 5.41) is 0. The van der Waals surface area contributed by atoms with Crippen LogP contribution in [0.2, 0.25) is 0 Å². The second-order valence-electron chi connectivity index (χ2n) is 7.40. The van der Waals surface area contributed by atoms with Gasteiger partial charge in [-0.15, -0.1) is 0 Å². The molecule has 0 aromatic heterocycles. The summed E-state index contributed by atoms with van der Waals surface area (Å²) < 4.78 is 27.0. The van der Waals surface area contributed by atoms with Crippen LogP contribution in [0, 0.1) is 0 Å². The zero-order valence-corrected chi connectivity index (χ0v) is 19.4. The van der Waals surface area contributed by atoms with Crippen LogP contribution in [0.1, 0.15) is 21.5 Å². The number of rotatable bonds is 9. The van der Waals surface area contributed by atoms with E-state index in [4.69, 9.17) is 23.7 Å². The Labute approximate surface area is 202 Å². The van der Waals surface area contributed by atoms with Gasteiger partial charge in [0.15, 0.2) is 29.6 Å². The Balaban J connectivity index is 1.49. The van der Waals surface area contributed by atoms with Gasteiger partial charge >= 0.3 is 5.97 Å². The van der Waals surface area contributed by atoms with E-state index in [1.54, 1.807) is 66.7 Å². The van der Waals surface area contributed by atoms with E-state index >= 15 is 0 Å². The SMILES string of the molecule is COc1cc(C2=NC(=Cc3ccc(OCC(=O)c4ccccc4)cc3)C(=O)O2)cc(OC)c1OC. The van der Waals surface area contributed by atoms with Crippen molar-refractivity contribution >= 4 is 23.7 Å². The summed E-state index contributed by atoms with van der Waals surface area (Å²) in [7, 11) is 4.51. The fraction of sp³-hybridized carbons (Fsp3) is 0.148. The van der Waals surface area contributed by atoms with Crippen LogP contribution in [0.25, 0.3) is 6.08 Å². The molecule has 0 radical (unpaired) electrons. The average Bonchev–Trinajstić information content (AvgIpc) is 3.27. The van der Waals surface area contributed by atoms with Crippen LogP contribution < -0.4 is 18.9 Å². The highest BCUT2D eigenvalue weighted by Gasteiger charge is 2.26. The molecule has 0 N–H and O–H groups in total. The highest BCUT2D eigenvalue weighted by molar-refractivity contribution is 6.13. The molecule has 35 heavy (non-hydrogen) atoms. The Morgan fingerprint density at radius 2 is 1.57 bits per heavy atom. The maximum atomic E-state index is 12.4. The molecule has 0 unspecified atom stereocenters. The quantitative estimate of drug-likeness (QED) is 0.260. The topological polar surface area (TPSA) is 92.7 Å². The van der Waals surface area contributed by atoms with Gasteiger partial charge in [-0.1, -0.05) is 42.5 Å². The Kier molecular flexibility index (Phi) is 7.11. The molecule has 0 saturated carbocycles. The summed E-state index contributed by atoms with van der Waals surface area (Å²) in [5.41, 5.74) is 1.95. The van der Waals surface area contributed by atoms with Crippen molar-refractivity contribution in [3.05, 3.63) is 89.1 Å². The molecule has 1 aliphatic heterocycles. The van der Waals surface area contributed by atoms with Gasteiger partial charge < -0.3 is 23.7 Å². The molecule has 0 fully saturated rings. The third kappa shape index (κ3) is 5.33. The number of cyclic esters (lactones) is 1. The molecular weight excluding hydrogens is 450 g/mol. The van der Waals surface area contributed by atoms with Crippen LogP contribution in [-0.4, -0.2) is 45.6 Å². The van der Waals surface area contributed by atoms with E-state index in [0.717, 1.165) is 0 Å². The lowest BCUT2D eigenvalue weighted by Crippen LogP contribution is -2.11. The van der Waals surface area contributed by atoms with Crippen LogP contribution in [0.3, 0.4) is 0 Å². The number of ketones is 1. The van der Waals surface area contributed by atoms with E-state index in [0.29, 0.717) is 39.7 Å². The second kappa shape index (κ2) is 10.6. The fourth-order valence-corrected chi connectivity index (χ4v) is 3.41. The molecule has 4 rings (SSSR count). The third-order valence-electron chi connectivity index (χ3n) is 5.18. The second-order valence-corrected chi connectivity index (χ2v) is 7.40. The molecule has 178 valence electrons. The molecule has 0 atom stereocenters. The van der Waals surface area contributed by atoms with Crippen LogP contribution in [-0.2, 0) is 9.53 Å². The normalized spacial score (nSPS) is 13.7. The average molecular weight is 473 g/mol. The lowest BCUT2D eigenvalue weighted by Gasteiger charge is -2.13. The highest BCUT2D eigenvalue weighted by atomic mass is 16.6. The number of Topliss-reactive ketones (excluding diaryl/α,β-unsaturated/α-hetero) is 1. The molecule has 1 heterocycles. The summed E-state index contributed by atoms with van der Waals surface area (Å²) in [5.74, 6) is 1.22. The number of nitrogens with zero attached hydrogens (tertiary/aromatic N) is 1. The molecule has 0 bridgehead atoms. The minimum Gasteiger partial charge on any atom is -0.493 e. The van der Waals surface area contributed by atoms with Gasteiger partial charge in [-0.25, -0.2) is 9.79 Å². The Morgan fingerprint density at radius 3 is 2.17 bits per heavy atom. The molecule has 3 aromatic carbocycles. The zero-order valence-electron chi connectivity index (χ0n) is 19.4. The van der Waals surface area contributed by atoms with Crippen molar-refractivity contribution in [2.24, 2.45) is 4.99 Å². The van der Waals surface area contributed by atoms with Gasteiger partial charge in [0.2, 0.25) is 11.6 Å². The predicted octanol–water partition coefficient (Wildman–Crippen LogP) is 4.32. The Hall–Kier alpha value is -4.59. The van der Waals surface area contributed by atoms with Crippen molar-refractivity contribution in [2.75, 3.05) is 27.9 Å². The Bertz CT molecular complexity index is 1270. The van der Waals surface area contributed by atoms with E-state index in [9.17, 15) is 9.59 Å². The number of aliphatic imine (C=N–C) groups is 1. The number of esters is 1. The molecule has 3 aromatic rings. The predicted molar refractivity (Wildman–Crippen MR) is 129 cm³/mol. The maximum Gasteiger partial charge on any atom is 0.363 e. The largest absolute Gasteiger partial charge is 0.493 e. The van der Waals surface area contributed by atoms with Gasteiger partial charge in [0, 0.05) is 11.1 Å². The van der Waals surface area contributed by atoms with E-state index in [-0.39, 0.29) is 24.0 Å². The Morgan fingerprint density at radius 1 is 0.914 bits per heavy atom. The molecule has 1 aliphatic rings. The summed E-state index contributed by atoms with van der Waals surface area (Å²) in [4.78, 5) is 28.9. The molecule has 8 heteroatoms. The molecule has 0 saturated heterocycles. The molecular formula is C27H23NO7. The van der Waals surface area contributed by atoms with E-state index in [2.05, 4.69) is 4.99 Å². The number of carbonyl (C=O) groups excluding carboxylic acids is 2. The van der Waals surface area contributed by atoms with Crippen molar-refractivity contribution in [1.29, 1.82) is 0 Å². The van der Waals surface area contributed by atoms with E-state index in [1.165, 1.54) is 21.3 Å². The van der Waals surface area contributed by atoms with Gasteiger partial charge in [-0.3, -0.25) is 4.79 Å². The number of hydrogen-bond acceptors (Lipinski definition) is 8. The van der Waals surface area contributed by atoms with Crippen molar-refractivity contribution in [3.8, 4) is 23.0 Å². The lowest BCUT2D eigenvalue weighted by atomic mass is 10.1. The number of benzene rings is 3.